The number of imide groups is 1. The Morgan fingerprint density at radius 2 is 2.00 bits per heavy atom. The van der Waals surface area contributed by atoms with Gasteiger partial charge in [0.05, 0.1) is 19.0 Å². The summed E-state index contributed by atoms with van der Waals surface area (Å²) in [4.78, 5) is 36.8. The van der Waals surface area contributed by atoms with E-state index in [-0.39, 0.29) is 36.7 Å². The topological polar surface area (TPSA) is 78.5 Å². The second kappa shape index (κ2) is 7.38. The van der Waals surface area contributed by atoms with Crippen LogP contribution in [0.4, 0.5) is 0 Å². The van der Waals surface area contributed by atoms with Gasteiger partial charge in [-0.2, -0.15) is 0 Å². The number of nitrogens with one attached hydrogen (secondary N) is 2. The largest absolute Gasteiger partial charge is 0.355 e. The molecule has 0 aromatic rings. The van der Waals surface area contributed by atoms with Crippen LogP contribution in [0.25, 0.3) is 0 Å². The molecule has 1 rings (SSSR count). The quantitative estimate of drug-likeness (QED) is 0.658. The van der Waals surface area contributed by atoms with Crippen molar-refractivity contribution in [3.63, 3.8) is 0 Å². The van der Waals surface area contributed by atoms with Gasteiger partial charge in [-0.05, 0) is 19.3 Å². The molecule has 0 spiro atoms. The molecular weight excluding hydrogens is 258 g/mol. The molecule has 0 radical (unpaired) electrons. The van der Waals surface area contributed by atoms with E-state index >= 15 is 0 Å². The van der Waals surface area contributed by atoms with Crippen LogP contribution in [-0.2, 0) is 14.4 Å². The molecule has 2 atom stereocenters. The number of carbonyl (C=O) groups excluding carboxylic acids is 3. The van der Waals surface area contributed by atoms with Gasteiger partial charge >= 0.3 is 0 Å². The summed E-state index contributed by atoms with van der Waals surface area (Å²) in [5.41, 5.74) is 0. The third-order valence-electron chi connectivity index (χ3n) is 3.43. The lowest BCUT2D eigenvalue weighted by Crippen LogP contribution is -2.45. The molecule has 1 aliphatic heterocycles. The van der Waals surface area contributed by atoms with Crippen LogP contribution in [0.2, 0.25) is 0 Å². The summed E-state index contributed by atoms with van der Waals surface area (Å²) in [6.45, 7) is 8.48. The average Bonchev–Trinajstić information content (AvgIpc) is 2.68. The van der Waals surface area contributed by atoms with Crippen LogP contribution < -0.4 is 10.6 Å². The summed E-state index contributed by atoms with van der Waals surface area (Å²) in [7, 11) is 0. The van der Waals surface area contributed by atoms with E-state index < -0.39 is 6.04 Å². The van der Waals surface area contributed by atoms with Crippen molar-refractivity contribution in [1.29, 1.82) is 0 Å². The van der Waals surface area contributed by atoms with Gasteiger partial charge in [0.2, 0.25) is 17.7 Å². The molecule has 1 fully saturated rings. The molecule has 6 nitrogen and oxygen atoms in total. The number of hydrogen-bond acceptors (Lipinski definition) is 4. The number of amides is 3. The zero-order chi connectivity index (χ0) is 15.3. The number of likely N-dealkylation sites (tertiary alicyclic amines) is 1. The lowest BCUT2D eigenvalue weighted by molar-refractivity contribution is -0.141. The van der Waals surface area contributed by atoms with Crippen molar-refractivity contribution >= 4 is 17.7 Å². The fraction of sp³-hybridized carbons (Fsp3) is 0.786. The Morgan fingerprint density at radius 3 is 2.55 bits per heavy atom. The highest BCUT2D eigenvalue weighted by atomic mass is 16.2. The Balaban J connectivity index is 2.44. The van der Waals surface area contributed by atoms with Gasteiger partial charge in [0.25, 0.3) is 0 Å². The smallest absolute Gasteiger partial charge is 0.247 e. The summed E-state index contributed by atoms with van der Waals surface area (Å²) in [6.07, 6.45) is 0.875. The van der Waals surface area contributed by atoms with Gasteiger partial charge in [-0.25, -0.2) is 0 Å². The number of nitrogens with zero attached hydrogens (tertiary/aromatic N) is 1. The van der Waals surface area contributed by atoms with Gasteiger partial charge in [-0.15, -0.1) is 0 Å². The maximum Gasteiger partial charge on any atom is 0.247 e. The van der Waals surface area contributed by atoms with Crippen molar-refractivity contribution in [2.75, 3.05) is 13.1 Å². The Labute approximate surface area is 120 Å². The molecule has 1 aliphatic rings. The molecule has 114 valence electrons. The van der Waals surface area contributed by atoms with Gasteiger partial charge in [-0.3, -0.25) is 24.6 Å². The molecule has 0 aliphatic carbocycles. The number of hydrogen-bond donors (Lipinski definition) is 2. The summed E-state index contributed by atoms with van der Waals surface area (Å²) >= 11 is 0. The van der Waals surface area contributed by atoms with Crippen LogP contribution in [0.3, 0.4) is 0 Å². The van der Waals surface area contributed by atoms with Gasteiger partial charge in [0.15, 0.2) is 0 Å². The summed E-state index contributed by atoms with van der Waals surface area (Å²) in [5.74, 6) is -0.152. The maximum absolute atomic E-state index is 12.1. The minimum atomic E-state index is -0.568. The summed E-state index contributed by atoms with van der Waals surface area (Å²) < 4.78 is 0. The first-order chi connectivity index (χ1) is 9.36. The van der Waals surface area contributed by atoms with E-state index in [0.29, 0.717) is 12.5 Å². The molecule has 20 heavy (non-hydrogen) atoms. The Kier molecular flexibility index (Phi) is 6.13. The summed E-state index contributed by atoms with van der Waals surface area (Å²) in [5, 5.41) is 5.64. The number of carbonyl (C=O) groups is 3. The molecule has 0 aromatic carbocycles. The minimum absolute atomic E-state index is 0.0603. The van der Waals surface area contributed by atoms with Crippen LogP contribution in [0.1, 0.15) is 40.5 Å². The third-order valence-corrected chi connectivity index (χ3v) is 3.43. The second-order valence-corrected chi connectivity index (χ2v) is 5.69. The lowest BCUT2D eigenvalue weighted by atomic mass is 10.2. The Bertz CT molecular complexity index is 382. The normalized spacial score (nSPS) is 20.6. The molecule has 1 heterocycles. The van der Waals surface area contributed by atoms with Crippen molar-refractivity contribution in [2.24, 2.45) is 5.92 Å². The Morgan fingerprint density at radius 1 is 1.35 bits per heavy atom. The second-order valence-electron chi connectivity index (χ2n) is 5.69. The zero-order valence-corrected chi connectivity index (χ0v) is 12.7. The predicted octanol–water partition coefficient (Wildman–Crippen LogP) is 0.274. The molecule has 0 bridgehead atoms. The molecule has 0 saturated carbocycles. The SMILES string of the molecule is CCC(C)N1C(=O)CC(NCC(=O)NCC(C)C)C1=O. The van der Waals surface area contributed by atoms with Gasteiger partial charge in [-0.1, -0.05) is 20.8 Å². The first-order valence-electron chi connectivity index (χ1n) is 7.22. The maximum atomic E-state index is 12.1. The van der Waals surface area contributed by atoms with Gasteiger partial charge in [0.1, 0.15) is 0 Å². The van der Waals surface area contributed by atoms with E-state index in [4.69, 9.17) is 0 Å². The zero-order valence-electron chi connectivity index (χ0n) is 12.7. The van der Waals surface area contributed by atoms with E-state index in [1.165, 1.54) is 4.90 Å². The van der Waals surface area contributed by atoms with Crippen molar-refractivity contribution in [2.45, 2.75) is 52.6 Å². The van der Waals surface area contributed by atoms with E-state index in [9.17, 15) is 14.4 Å². The highest BCUT2D eigenvalue weighted by Gasteiger charge is 2.40. The first-order valence-corrected chi connectivity index (χ1v) is 7.22. The van der Waals surface area contributed by atoms with Gasteiger partial charge in [0, 0.05) is 12.6 Å². The fourth-order valence-electron chi connectivity index (χ4n) is 2.05. The van der Waals surface area contributed by atoms with E-state index in [2.05, 4.69) is 10.6 Å². The van der Waals surface area contributed by atoms with Crippen LogP contribution >= 0.6 is 0 Å². The van der Waals surface area contributed by atoms with Gasteiger partial charge < -0.3 is 5.32 Å². The van der Waals surface area contributed by atoms with Crippen LogP contribution in [-0.4, -0.2) is 47.8 Å². The van der Waals surface area contributed by atoms with Crippen molar-refractivity contribution in [1.82, 2.24) is 15.5 Å². The first kappa shape index (κ1) is 16.6. The predicted molar refractivity (Wildman–Crippen MR) is 75.9 cm³/mol. The third kappa shape index (κ3) is 4.30. The molecular formula is C14H25N3O3. The van der Waals surface area contributed by atoms with Crippen molar-refractivity contribution in [3.8, 4) is 0 Å². The summed E-state index contributed by atoms with van der Waals surface area (Å²) in [6, 6.07) is -0.655. The molecule has 6 heteroatoms. The molecule has 2 unspecified atom stereocenters. The van der Waals surface area contributed by atoms with Crippen LogP contribution in [0, 0.1) is 5.92 Å². The highest BCUT2D eigenvalue weighted by molar-refractivity contribution is 6.06. The molecule has 3 amide bonds. The van der Waals surface area contributed by atoms with Crippen LogP contribution in [0.5, 0.6) is 0 Å². The average molecular weight is 283 g/mol. The molecule has 0 aromatic heterocycles. The van der Waals surface area contributed by atoms with E-state index in [0.717, 1.165) is 6.42 Å². The molecule has 2 N–H and O–H groups in total. The fourth-order valence-corrected chi connectivity index (χ4v) is 2.05. The number of rotatable bonds is 7. The van der Waals surface area contributed by atoms with Crippen molar-refractivity contribution < 1.29 is 14.4 Å². The standard InChI is InChI=1S/C14H25N3O3/c1-5-10(4)17-13(19)6-11(14(17)20)15-8-12(18)16-7-9(2)3/h9-11,15H,5-8H2,1-4H3,(H,16,18). The van der Waals surface area contributed by atoms with E-state index in [1.54, 1.807) is 0 Å². The lowest BCUT2D eigenvalue weighted by Gasteiger charge is -2.21. The van der Waals surface area contributed by atoms with Crippen LogP contribution in [0.15, 0.2) is 0 Å². The van der Waals surface area contributed by atoms with E-state index in [1.807, 2.05) is 27.7 Å². The molecule has 1 saturated heterocycles. The van der Waals surface area contributed by atoms with Crippen molar-refractivity contribution in [3.05, 3.63) is 0 Å². The highest BCUT2D eigenvalue weighted by Crippen LogP contribution is 2.17. The Hall–Kier alpha value is -1.43. The minimum Gasteiger partial charge on any atom is -0.355 e. The monoisotopic (exact) mass is 283 g/mol.